The number of hydrogen-bond acceptors (Lipinski definition) is 5. The predicted molar refractivity (Wildman–Crippen MR) is 193 cm³/mol. The number of halogens is 1. The van der Waals surface area contributed by atoms with E-state index in [1.165, 1.54) is 0 Å². The number of anilines is 1. The van der Waals surface area contributed by atoms with Crippen molar-refractivity contribution in [2.45, 2.75) is 114 Å². The molecule has 3 heterocycles. The number of ether oxygens (including phenoxy) is 1. The number of sulfonamides is 1. The summed E-state index contributed by atoms with van der Waals surface area (Å²) in [7, 11) is -5.49. The molecule has 2 aliphatic heterocycles. The average Bonchev–Trinajstić information content (AvgIpc) is 3.49. The Labute approximate surface area is 286 Å². The van der Waals surface area contributed by atoms with Gasteiger partial charge in [-0.25, -0.2) is 13.2 Å². The van der Waals surface area contributed by atoms with Crippen LogP contribution in [0.15, 0.2) is 47.5 Å². The molecule has 0 aliphatic carbocycles. The van der Waals surface area contributed by atoms with Gasteiger partial charge in [0.1, 0.15) is 11.6 Å². The van der Waals surface area contributed by atoms with Crippen LogP contribution in [0.2, 0.25) is 5.02 Å². The first-order valence-electron chi connectivity index (χ1n) is 16.4. The molecule has 2 aromatic carbocycles. The maximum absolute atomic E-state index is 13.8. The van der Waals surface area contributed by atoms with Crippen molar-refractivity contribution in [3.8, 4) is 0 Å². The van der Waals surface area contributed by atoms with Crippen molar-refractivity contribution in [1.82, 2.24) is 13.6 Å². The van der Waals surface area contributed by atoms with Gasteiger partial charge >= 0.3 is 6.09 Å². The van der Waals surface area contributed by atoms with Gasteiger partial charge in [0, 0.05) is 52.7 Å². The number of rotatable bonds is 8. The van der Waals surface area contributed by atoms with E-state index in [2.05, 4.69) is 50.2 Å². The standard InChI is InChI=1S/C35H49ClN4O5S2/c1-22(2)46(23(3)4,24(5)6)40-21-30(36)29-13-12-28(19-32(29)40)47(43,44)37-31-15-17-39(33(31)41)27-11-10-25-14-16-38(20-26(25)18-27)34(42)45-35(7,8)9/h10-13,18-19,21-24,31,37H,14-17,20H2,1-9H3/t31-/m0/s1. The fourth-order valence-corrected chi connectivity index (χ4v) is 14.3. The number of nitrogens with zero attached hydrogens (tertiary/aromatic N) is 3. The number of nitrogens with one attached hydrogen (secondary N) is 1. The molecule has 1 atom stereocenters. The topological polar surface area (TPSA) is 101 Å². The predicted octanol–water partition coefficient (Wildman–Crippen LogP) is 7.46. The molecule has 3 aromatic rings. The van der Waals surface area contributed by atoms with Crippen LogP contribution in [0.4, 0.5) is 10.5 Å². The number of carbonyl (C=O) groups is 2. The summed E-state index contributed by atoms with van der Waals surface area (Å²) in [5.41, 5.74) is 2.96. The van der Waals surface area contributed by atoms with E-state index in [0.29, 0.717) is 58.9 Å². The molecule has 258 valence electrons. The lowest BCUT2D eigenvalue weighted by Crippen LogP contribution is -2.41. The molecule has 1 aromatic heterocycles. The molecule has 1 saturated heterocycles. The van der Waals surface area contributed by atoms with Gasteiger partial charge in [0.2, 0.25) is 15.9 Å². The molecule has 0 spiro atoms. The van der Waals surface area contributed by atoms with Crippen LogP contribution in [0.25, 0.3) is 10.9 Å². The molecule has 47 heavy (non-hydrogen) atoms. The van der Waals surface area contributed by atoms with Crippen molar-refractivity contribution in [2.24, 2.45) is 0 Å². The number of aromatic nitrogens is 1. The van der Waals surface area contributed by atoms with Crippen LogP contribution in [0, 0.1) is 0 Å². The summed E-state index contributed by atoms with van der Waals surface area (Å²) < 4.78 is 38.2. The molecular weight excluding hydrogens is 656 g/mol. The van der Waals surface area contributed by atoms with Gasteiger partial charge in [0.25, 0.3) is 0 Å². The molecule has 0 radical (unpaired) electrons. The van der Waals surface area contributed by atoms with Crippen molar-refractivity contribution in [1.29, 1.82) is 0 Å². The van der Waals surface area contributed by atoms with Crippen LogP contribution in [0.1, 0.15) is 79.9 Å². The van der Waals surface area contributed by atoms with Crippen LogP contribution in [0.5, 0.6) is 0 Å². The van der Waals surface area contributed by atoms with Gasteiger partial charge in [-0.05, 0) is 75.1 Å². The van der Waals surface area contributed by atoms with Gasteiger partial charge in [-0.15, -0.1) is 0 Å². The Kier molecular flexibility index (Phi) is 9.80. The van der Waals surface area contributed by atoms with Crippen molar-refractivity contribution in [2.75, 3.05) is 18.0 Å². The molecule has 0 saturated carbocycles. The first-order chi connectivity index (χ1) is 21.9. The summed E-state index contributed by atoms with van der Waals surface area (Å²) >= 11 is 6.74. The lowest BCUT2D eigenvalue weighted by molar-refractivity contribution is -0.118. The second-order valence-corrected chi connectivity index (χ2v) is 21.2. The van der Waals surface area contributed by atoms with Gasteiger partial charge in [0.15, 0.2) is 0 Å². The Morgan fingerprint density at radius 1 is 0.957 bits per heavy atom. The highest BCUT2D eigenvalue weighted by Gasteiger charge is 2.39. The molecule has 2 amide bonds. The van der Waals surface area contributed by atoms with Crippen molar-refractivity contribution in [3.05, 3.63) is 58.7 Å². The normalized spacial score (nSPS) is 18.1. The van der Waals surface area contributed by atoms with Crippen LogP contribution in [-0.4, -0.2) is 69.8 Å². The molecule has 9 nitrogen and oxygen atoms in total. The van der Waals surface area contributed by atoms with Crippen molar-refractivity contribution < 1.29 is 22.7 Å². The fourth-order valence-electron chi connectivity index (χ4n) is 7.38. The van der Waals surface area contributed by atoms with E-state index in [4.69, 9.17) is 16.3 Å². The van der Waals surface area contributed by atoms with Crippen molar-refractivity contribution >= 4 is 60.4 Å². The average molecular weight is 705 g/mol. The van der Waals surface area contributed by atoms with E-state index < -0.39 is 31.9 Å². The highest BCUT2D eigenvalue weighted by Crippen LogP contribution is 2.63. The Bertz CT molecular complexity index is 1770. The Balaban J connectivity index is 1.38. The van der Waals surface area contributed by atoms with Gasteiger partial charge in [0.05, 0.1) is 15.4 Å². The van der Waals surface area contributed by atoms with Crippen LogP contribution >= 0.6 is 21.8 Å². The molecule has 12 heteroatoms. The van der Waals surface area contributed by atoms with E-state index in [1.54, 1.807) is 28.0 Å². The second kappa shape index (κ2) is 12.9. The molecule has 0 unspecified atom stereocenters. The highest BCUT2D eigenvalue weighted by atomic mass is 35.5. The fraction of sp³-hybridized carbons (Fsp3) is 0.543. The molecule has 1 fully saturated rings. The minimum atomic E-state index is -4.04. The van der Waals surface area contributed by atoms with E-state index in [1.807, 2.05) is 45.2 Å². The number of hydrogen-bond donors (Lipinski definition) is 1. The van der Waals surface area contributed by atoms with Crippen LogP contribution in [-0.2, 0) is 32.5 Å². The van der Waals surface area contributed by atoms with E-state index in [9.17, 15) is 18.0 Å². The molecular formula is C35H49ClN4O5S2. The van der Waals surface area contributed by atoms with Crippen LogP contribution < -0.4 is 9.62 Å². The Morgan fingerprint density at radius 3 is 2.23 bits per heavy atom. The SMILES string of the molecule is CC(C)S(C(C)C)(C(C)C)n1cc(Cl)c2ccc(S(=O)(=O)N[C@H]3CCN(c4ccc5c(c4)CN(C(=O)OC(C)(C)C)CC5)C3=O)cc21. The smallest absolute Gasteiger partial charge is 0.410 e. The van der Waals surface area contributed by atoms with Gasteiger partial charge in [-0.1, -0.05) is 59.2 Å². The summed E-state index contributed by atoms with van der Waals surface area (Å²) in [6.45, 7) is 20.2. The zero-order valence-electron chi connectivity index (χ0n) is 29.0. The lowest BCUT2D eigenvalue weighted by atomic mass is 9.99. The zero-order chi connectivity index (χ0) is 34.6. The Hall–Kier alpha value is -2.73. The summed E-state index contributed by atoms with van der Waals surface area (Å²) in [5, 5.41) is 2.40. The van der Waals surface area contributed by atoms with Crippen molar-refractivity contribution in [3.63, 3.8) is 0 Å². The monoisotopic (exact) mass is 704 g/mol. The number of fused-ring (bicyclic) bond motifs is 2. The molecule has 2 aliphatic rings. The maximum atomic E-state index is 13.8. The second-order valence-electron chi connectivity index (χ2n) is 14.4. The van der Waals surface area contributed by atoms with E-state index >= 15 is 0 Å². The third kappa shape index (κ3) is 6.65. The first kappa shape index (κ1) is 35.6. The third-order valence-corrected chi connectivity index (χ3v) is 16.6. The lowest BCUT2D eigenvalue weighted by Gasteiger charge is -2.52. The first-order valence-corrected chi connectivity index (χ1v) is 20.1. The quantitative estimate of drug-likeness (QED) is 0.262. The highest BCUT2D eigenvalue weighted by molar-refractivity contribution is 8.33. The zero-order valence-corrected chi connectivity index (χ0v) is 31.4. The van der Waals surface area contributed by atoms with E-state index in [-0.39, 0.29) is 16.9 Å². The summed E-state index contributed by atoms with van der Waals surface area (Å²) in [6.07, 6.45) is 2.64. The van der Waals surface area contributed by atoms with Gasteiger partial charge in [-0.3, -0.25) is 4.79 Å². The Morgan fingerprint density at radius 2 is 1.62 bits per heavy atom. The van der Waals surface area contributed by atoms with Gasteiger partial charge < -0.3 is 18.5 Å². The van der Waals surface area contributed by atoms with Crippen LogP contribution in [0.3, 0.4) is 0 Å². The molecule has 1 N–H and O–H groups in total. The molecule has 0 bridgehead atoms. The summed E-state index contributed by atoms with van der Waals surface area (Å²) in [4.78, 5) is 29.7. The maximum Gasteiger partial charge on any atom is 0.410 e. The van der Waals surface area contributed by atoms with Gasteiger partial charge in [-0.2, -0.15) is 14.9 Å². The number of amides is 2. The third-order valence-electron chi connectivity index (χ3n) is 9.28. The summed E-state index contributed by atoms with van der Waals surface area (Å²) in [6, 6.07) is 9.96. The minimum absolute atomic E-state index is 0.104. The summed E-state index contributed by atoms with van der Waals surface area (Å²) in [5.74, 6) is -0.302. The molecule has 5 rings (SSSR count). The minimum Gasteiger partial charge on any atom is -0.444 e. The van der Waals surface area contributed by atoms with E-state index in [0.717, 1.165) is 22.0 Å². The largest absolute Gasteiger partial charge is 0.444 e. The number of carbonyl (C=O) groups excluding carboxylic acids is 2. The number of benzene rings is 2.